The van der Waals surface area contributed by atoms with Crippen molar-refractivity contribution < 1.29 is 14.3 Å². The summed E-state index contributed by atoms with van der Waals surface area (Å²) in [7, 11) is 0. The molecule has 1 N–H and O–H groups in total. The molecule has 6 nitrogen and oxygen atoms in total. The number of carbonyl (C=O) groups excluding carboxylic acids is 2. The molecule has 0 aromatic carbocycles. The topological polar surface area (TPSA) is 71.5 Å². The Balaban J connectivity index is 2.00. The molecule has 116 valence electrons. The van der Waals surface area contributed by atoms with Gasteiger partial charge in [-0.25, -0.2) is 4.98 Å². The second-order valence-electron chi connectivity index (χ2n) is 4.69. The normalized spacial score (nSPS) is 19.6. The zero-order valence-electron chi connectivity index (χ0n) is 12.3. The molecule has 0 radical (unpaired) electrons. The summed E-state index contributed by atoms with van der Waals surface area (Å²) in [6, 6.07) is -0.463. The fourth-order valence-electron chi connectivity index (χ4n) is 2.03. The first kappa shape index (κ1) is 16.3. The van der Waals surface area contributed by atoms with E-state index >= 15 is 0 Å². The summed E-state index contributed by atoms with van der Waals surface area (Å²) in [4.78, 5) is 31.4. The zero-order valence-corrected chi connectivity index (χ0v) is 13.9. The summed E-state index contributed by atoms with van der Waals surface area (Å²) in [6.07, 6.45) is 1.19. The molecule has 1 aliphatic rings. The highest BCUT2D eigenvalue weighted by molar-refractivity contribution is 7.99. The highest BCUT2D eigenvalue weighted by Crippen LogP contribution is 2.24. The van der Waals surface area contributed by atoms with E-state index in [0.717, 1.165) is 4.88 Å². The van der Waals surface area contributed by atoms with Crippen molar-refractivity contribution in [2.45, 2.75) is 32.9 Å². The van der Waals surface area contributed by atoms with Crippen molar-refractivity contribution in [2.75, 3.05) is 23.6 Å². The van der Waals surface area contributed by atoms with Crippen LogP contribution in [0.25, 0.3) is 0 Å². The van der Waals surface area contributed by atoms with Gasteiger partial charge in [0.1, 0.15) is 12.1 Å². The van der Waals surface area contributed by atoms with Crippen molar-refractivity contribution >= 4 is 40.0 Å². The molecule has 0 bridgehead atoms. The lowest BCUT2D eigenvalue weighted by Gasteiger charge is -2.25. The number of aromatic nitrogens is 1. The van der Waals surface area contributed by atoms with E-state index in [4.69, 9.17) is 4.74 Å². The van der Waals surface area contributed by atoms with Crippen LogP contribution >= 0.6 is 23.1 Å². The molecular formula is C13H19N3O3S2. The van der Waals surface area contributed by atoms with Gasteiger partial charge in [0.2, 0.25) is 5.91 Å². The lowest BCUT2D eigenvalue weighted by molar-refractivity contribution is -0.145. The van der Waals surface area contributed by atoms with E-state index in [1.807, 2.05) is 13.8 Å². The first-order valence-electron chi connectivity index (χ1n) is 6.76. The number of amides is 2. The first-order chi connectivity index (χ1) is 10.0. The second kappa shape index (κ2) is 7.24. The first-order valence-corrected chi connectivity index (χ1v) is 8.73. The van der Waals surface area contributed by atoms with Gasteiger partial charge in [-0.2, -0.15) is 0 Å². The number of nitrogens with one attached hydrogen (secondary N) is 1. The summed E-state index contributed by atoms with van der Waals surface area (Å²) in [5.41, 5.74) is 0. The Morgan fingerprint density at radius 3 is 3.00 bits per heavy atom. The molecule has 1 aliphatic heterocycles. The molecule has 2 heterocycles. The number of nitrogens with zero attached hydrogens (tertiary/aromatic N) is 2. The standard InChI is InChI=1S/C13H19N3O3S2/c1-4-19-9(3)12(18)16-7-20-6-10(16)11(17)15-13-14-5-8(2)21-13/h5,9-10H,4,6-7H2,1-3H3,(H,14,15,17). The Morgan fingerprint density at radius 2 is 2.38 bits per heavy atom. The van der Waals surface area contributed by atoms with Gasteiger partial charge in [-0.05, 0) is 20.8 Å². The van der Waals surface area contributed by atoms with Gasteiger partial charge in [0.05, 0.1) is 5.88 Å². The van der Waals surface area contributed by atoms with Crippen LogP contribution in [0.5, 0.6) is 0 Å². The Hall–Kier alpha value is -1.12. The Labute approximate surface area is 132 Å². The average Bonchev–Trinajstić information content (AvgIpc) is 3.07. The molecule has 1 saturated heterocycles. The summed E-state index contributed by atoms with van der Waals surface area (Å²) in [5.74, 6) is 0.787. The monoisotopic (exact) mass is 329 g/mol. The number of carbonyl (C=O) groups is 2. The minimum atomic E-state index is -0.522. The van der Waals surface area contributed by atoms with Crippen LogP contribution in [0.2, 0.25) is 0 Å². The van der Waals surface area contributed by atoms with Gasteiger partial charge in [0, 0.05) is 23.4 Å². The summed E-state index contributed by atoms with van der Waals surface area (Å²) >= 11 is 2.99. The fourth-order valence-corrected chi connectivity index (χ4v) is 3.86. The van der Waals surface area contributed by atoms with E-state index in [9.17, 15) is 9.59 Å². The minimum absolute atomic E-state index is 0.141. The van der Waals surface area contributed by atoms with Crippen molar-refractivity contribution in [2.24, 2.45) is 0 Å². The van der Waals surface area contributed by atoms with Crippen LogP contribution in [0.1, 0.15) is 18.7 Å². The molecule has 2 unspecified atom stereocenters. The maximum atomic E-state index is 12.3. The van der Waals surface area contributed by atoms with Crippen LogP contribution in [0, 0.1) is 6.92 Å². The number of thioether (sulfide) groups is 1. The smallest absolute Gasteiger partial charge is 0.252 e. The quantitative estimate of drug-likeness (QED) is 0.890. The van der Waals surface area contributed by atoms with E-state index in [1.165, 1.54) is 11.3 Å². The second-order valence-corrected chi connectivity index (χ2v) is 6.92. The van der Waals surface area contributed by atoms with Gasteiger partial charge in [-0.15, -0.1) is 23.1 Å². The molecule has 1 aromatic rings. The van der Waals surface area contributed by atoms with E-state index in [1.54, 1.807) is 29.8 Å². The molecular weight excluding hydrogens is 310 g/mol. The third kappa shape index (κ3) is 3.96. The predicted molar refractivity (Wildman–Crippen MR) is 84.5 cm³/mol. The molecule has 2 atom stereocenters. The Kier molecular flexibility index (Phi) is 5.60. The maximum Gasteiger partial charge on any atom is 0.252 e. The van der Waals surface area contributed by atoms with E-state index < -0.39 is 12.1 Å². The van der Waals surface area contributed by atoms with Crippen LogP contribution in [0.4, 0.5) is 5.13 Å². The summed E-state index contributed by atoms with van der Waals surface area (Å²) in [6.45, 7) is 5.97. The van der Waals surface area contributed by atoms with Crippen molar-refractivity contribution in [3.8, 4) is 0 Å². The van der Waals surface area contributed by atoms with Gasteiger partial charge < -0.3 is 15.0 Å². The van der Waals surface area contributed by atoms with Gasteiger partial charge >= 0.3 is 0 Å². The van der Waals surface area contributed by atoms with Crippen molar-refractivity contribution in [3.63, 3.8) is 0 Å². The SMILES string of the molecule is CCOC(C)C(=O)N1CSCC1C(=O)Nc1ncc(C)s1. The molecule has 21 heavy (non-hydrogen) atoms. The van der Waals surface area contributed by atoms with Gasteiger partial charge in [0.15, 0.2) is 5.13 Å². The van der Waals surface area contributed by atoms with E-state index in [2.05, 4.69) is 10.3 Å². The van der Waals surface area contributed by atoms with Crippen LogP contribution < -0.4 is 5.32 Å². The lowest BCUT2D eigenvalue weighted by Crippen LogP contribution is -2.48. The number of aryl methyl sites for hydroxylation is 1. The molecule has 1 aromatic heterocycles. The van der Waals surface area contributed by atoms with Crippen molar-refractivity contribution in [1.82, 2.24) is 9.88 Å². The van der Waals surface area contributed by atoms with Gasteiger partial charge in [-0.3, -0.25) is 9.59 Å². The van der Waals surface area contributed by atoms with Gasteiger partial charge in [0.25, 0.3) is 5.91 Å². The number of hydrogen-bond donors (Lipinski definition) is 1. The van der Waals surface area contributed by atoms with E-state index in [0.29, 0.717) is 23.4 Å². The fraction of sp³-hybridized carbons (Fsp3) is 0.615. The third-order valence-corrected chi connectivity index (χ3v) is 4.92. The van der Waals surface area contributed by atoms with Crippen LogP contribution in [0.15, 0.2) is 6.20 Å². The molecule has 8 heteroatoms. The summed E-state index contributed by atoms with van der Waals surface area (Å²) < 4.78 is 5.32. The van der Waals surface area contributed by atoms with Crippen LogP contribution in [-0.2, 0) is 14.3 Å². The van der Waals surface area contributed by atoms with Crippen LogP contribution in [0.3, 0.4) is 0 Å². The number of anilines is 1. The predicted octanol–water partition coefficient (Wildman–Crippen LogP) is 1.72. The van der Waals surface area contributed by atoms with Crippen LogP contribution in [-0.4, -0.2) is 52.1 Å². The molecule has 2 rings (SSSR count). The zero-order chi connectivity index (χ0) is 15.4. The Morgan fingerprint density at radius 1 is 1.62 bits per heavy atom. The highest BCUT2D eigenvalue weighted by Gasteiger charge is 2.36. The highest BCUT2D eigenvalue weighted by atomic mass is 32.2. The summed E-state index contributed by atoms with van der Waals surface area (Å²) in [5, 5.41) is 3.35. The van der Waals surface area contributed by atoms with E-state index in [-0.39, 0.29) is 11.8 Å². The Bertz CT molecular complexity index is 521. The maximum absolute atomic E-state index is 12.3. The molecule has 0 spiro atoms. The van der Waals surface area contributed by atoms with Crippen molar-refractivity contribution in [3.05, 3.63) is 11.1 Å². The number of ether oxygens (including phenoxy) is 1. The molecule has 1 fully saturated rings. The van der Waals surface area contributed by atoms with Crippen molar-refractivity contribution in [1.29, 1.82) is 0 Å². The largest absolute Gasteiger partial charge is 0.369 e. The molecule has 2 amide bonds. The lowest BCUT2D eigenvalue weighted by atomic mass is 10.2. The average molecular weight is 329 g/mol. The number of rotatable bonds is 5. The number of hydrogen-bond acceptors (Lipinski definition) is 6. The minimum Gasteiger partial charge on any atom is -0.369 e. The molecule has 0 saturated carbocycles. The van der Waals surface area contributed by atoms with Gasteiger partial charge in [-0.1, -0.05) is 0 Å². The number of thiazole rings is 1. The molecule has 0 aliphatic carbocycles. The third-order valence-electron chi connectivity index (χ3n) is 3.08.